The lowest BCUT2D eigenvalue weighted by molar-refractivity contribution is -0.274. The van der Waals surface area contributed by atoms with Gasteiger partial charge in [-0.1, -0.05) is 45.0 Å². The zero-order valence-corrected chi connectivity index (χ0v) is 21.5. The van der Waals surface area contributed by atoms with Crippen LogP contribution in [0.1, 0.15) is 55.5 Å². The number of hydrogen-bond donors (Lipinski definition) is 1. The zero-order valence-electron chi connectivity index (χ0n) is 21.5. The molecule has 9 heteroatoms. The summed E-state index contributed by atoms with van der Waals surface area (Å²) in [5.41, 5.74) is 1.99. The van der Waals surface area contributed by atoms with Crippen LogP contribution in [-0.4, -0.2) is 21.8 Å². The fraction of sp³-hybridized carbons (Fsp3) is 0.276. The first-order valence-corrected chi connectivity index (χ1v) is 12.1. The predicted octanol–water partition coefficient (Wildman–Crippen LogP) is 6.36. The molecule has 0 saturated carbocycles. The summed E-state index contributed by atoms with van der Waals surface area (Å²) in [6.45, 7) is 8.12. The van der Waals surface area contributed by atoms with Gasteiger partial charge in [0.15, 0.2) is 0 Å². The number of halogens is 3. The summed E-state index contributed by atoms with van der Waals surface area (Å²) in [7, 11) is 0. The van der Waals surface area contributed by atoms with Crippen molar-refractivity contribution in [1.82, 2.24) is 14.9 Å². The number of benzene rings is 3. The lowest BCUT2D eigenvalue weighted by Crippen LogP contribution is -2.33. The molecule has 4 aromatic rings. The molecule has 0 saturated heterocycles. The molecule has 1 aromatic heterocycles. The van der Waals surface area contributed by atoms with Crippen LogP contribution in [0.5, 0.6) is 5.75 Å². The van der Waals surface area contributed by atoms with E-state index in [2.05, 4.69) is 35.8 Å². The highest BCUT2D eigenvalue weighted by Gasteiger charge is 2.31. The first kappa shape index (κ1) is 26.9. The molecule has 38 heavy (non-hydrogen) atoms. The smallest absolute Gasteiger partial charge is 0.406 e. The second-order valence-electron chi connectivity index (χ2n) is 10.3. The van der Waals surface area contributed by atoms with Crippen LogP contribution >= 0.6 is 0 Å². The van der Waals surface area contributed by atoms with Crippen LogP contribution in [0.2, 0.25) is 0 Å². The minimum Gasteiger partial charge on any atom is -0.406 e. The van der Waals surface area contributed by atoms with Crippen molar-refractivity contribution in [1.29, 1.82) is 0 Å². The minimum atomic E-state index is -4.84. The van der Waals surface area contributed by atoms with Crippen LogP contribution < -0.4 is 15.6 Å². The van der Waals surface area contributed by atoms with E-state index in [0.29, 0.717) is 16.5 Å². The fourth-order valence-electron chi connectivity index (χ4n) is 4.22. The first-order chi connectivity index (χ1) is 17.8. The van der Waals surface area contributed by atoms with Crippen LogP contribution in [0.15, 0.2) is 77.6 Å². The number of aromatic nitrogens is 2. The number of hydrogen-bond acceptors (Lipinski definition) is 4. The van der Waals surface area contributed by atoms with Gasteiger partial charge in [-0.25, -0.2) is 4.98 Å². The summed E-state index contributed by atoms with van der Waals surface area (Å²) >= 11 is 0. The number of para-hydroxylation sites is 1. The van der Waals surface area contributed by atoms with Crippen molar-refractivity contribution in [2.24, 2.45) is 5.41 Å². The van der Waals surface area contributed by atoms with Gasteiger partial charge in [0.2, 0.25) is 0 Å². The molecule has 3 aromatic carbocycles. The van der Waals surface area contributed by atoms with E-state index in [1.54, 1.807) is 43.3 Å². The lowest BCUT2D eigenvalue weighted by Gasteiger charge is -2.20. The summed E-state index contributed by atoms with van der Waals surface area (Å²) in [5.74, 6) is -0.528. The van der Waals surface area contributed by atoms with Crippen LogP contribution in [0, 0.1) is 5.41 Å². The molecule has 1 N–H and O–H groups in total. The van der Waals surface area contributed by atoms with E-state index >= 15 is 0 Å². The van der Waals surface area contributed by atoms with Crippen LogP contribution in [0.3, 0.4) is 0 Å². The molecule has 1 heterocycles. The van der Waals surface area contributed by atoms with Gasteiger partial charge < -0.3 is 10.1 Å². The molecule has 0 aliphatic heterocycles. The Morgan fingerprint density at radius 2 is 1.61 bits per heavy atom. The molecule has 0 fully saturated rings. The molecule has 1 atom stereocenters. The van der Waals surface area contributed by atoms with E-state index in [0.717, 1.165) is 24.1 Å². The number of nitrogens with one attached hydrogen (secondary N) is 1. The summed E-state index contributed by atoms with van der Waals surface area (Å²) in [6, 6.07) is 18.3. The van der Waals surface area contributed by atoms with Crippen molar-refractivity contribution >= 4 is 16.8 Å². The standard InChI is InChI=1S/C29H28F3N3O3/c1-18(33-26(36)20-11-9-19(10-12-20)17-28(2,3)4)25-34-24-8-6-5-7-23(24)27(37)35(25)21-13-15-22(16-14-21)38-29(30,31)32/h5-16,18H,17H2,1-4H3,(H,33,36). The van der Waals surface area contributed by atoms with Gasteiger partial charge in [-0.05, 0) is 72.9 Å². The third-order valence-corrected chi connectivity index (χ3v) is 5.82. The number of rotatable bonds is 6. The van der Waals surface area contributed by atoms with Crippen molar-refractivity contribution in [3.05, 3.63) is 100 Å². The Kier molecular flexibility index (Phi) is 7.31. The minimum absolute atomic E-state index is 0.112. The SMILES string of the molecule is CC(NC(=O)c1ccc(CC(C)(C)C)cc1)c1nc2ccccc2c(=O)n1-c1ccc(OC(F)(F)F)cc1. The van der Waals surface area contributed by atoms with Gasteiger partial charge in [-0.3, -0.25) is 14.2 Å². The Bertz CT molecular complexity index is 1500. The number of nitrogens with zero attached hydrogens (tertiary/aromatic N) is 2. The lowest BCUT2D eigenvalue weighted by atomic mass is 9.88. The van der Waals surface area contributed by atoms with E-state index in [4.69, 9.17) is 0 Å². The van der Waals surface area contributed by atoms with E-state index in [1.807, 2.05) is 12.1 Å². The second kappa shape index (κ2) is 10.3. The maximum absolute atomic E-state index is 13.5. The number of carbonyl (C=O) groups is 1. The summed E-state index contributed by atoms with van der Waals surface area (Å²) in [6.07, 6.45) is -3.97. The van der Waals surface area contributed by atoms with Crippen LogP contribution in [0.4, 0.5) is 13.2 Å². The highest BCUT2D eigenvalue weighted by molar-refractivity contribution is 5.94. The fourth-order valence-corrected chi connectivity index (χ4v) is 4.22. The van der Waals surface area contributed by atoms with Crippen molar-refractivity contribution < 1.29 is 22.7 Å². The number of alkyl halides is 3. The van der Waals surface area contributed by atoms with E-state index in [1.165, 1.54) is 16.7 Å². The number of ether oxygens (including phenoxy) is 1. The molecular formula is C29H28F3N3O3. The normalized spacial score (nSPS) is 12.8. The van der Waals surface area contributed by atoms with Crippen molar-refractivity contribution in [2.45, 2.75) is 46.5 Å². The Balaban J connectivity index is 1.68. The third kappa shape index (κ3) is 6.40. The highest BCUT2D eigenvalue weighted by Crippen LogP contribution is 2.25. The average Bonchev–Trinajstić information content (AvgIpc) is 2.83. The molecule has 6 nitrogen and oxygen atoms in total. The van der Waals surface area contributed by atoms with E-state index < -0.39 is 23.7 Å². The monoisotopic (exact) mass is 523 g/mol. The van der Waals surface area contributed by atoms with Gasteiger partial charge in [0.05, 0.1) is 22.6 Å². The number of carbonyl (C=O) groups excluding carboxylic acids is 1. The van der Waals surface area contributed by atoms with Crippen LogP contribution in [-0.2, 0) is 6.42 Å². The Morgan fingerprint density at radius 1 is 0.974 bits per heavy atom. The summed E-state index contributed by atoms with van der Waals surface area (Å²) in [5, 5.41) is 3.22. The van der Waals surface area contributed by atoms with Crippen molar-refractivity contribution in [2.75, 3.05) is 0 Å². The predicted molar refractivity (Wildman–Crippen MR) is 140 cm³/mol. The van der Waals surface area contributed by atoms with Gasteiger partial charge in [-0.15, -0.1) is 13.2 Å². The summed E-state index contributed by atoms with van der Waals surface area (Å²) in [4.78, 5) is 31.2. The molecule has 0 aliphatic carbocycles. The van der Waals surface area contributed by atoms with E-state index in [9.17, 15) is 22.8 Å². The van der Waals surface area contributed by atoms with Crippen LogP contribution in [0.25, 0.3) is 16.6 Å². The third-order valence-electron chi connectivity index (χ3n) is 5.82. The highest BCUT2D eigenvalue weighted by atomic mass is 19.4. The maximum atomic E-state index is 13.5. The Morgan fingerprint density at radius 3 is 2.21 bits per heavy atom. The van der Waals surface area contributed by atoms with E-state index in [-0.39, 0.29) is 22.8 Å². The molecule has 1 unspecified atom stereocenters. The summed E-state index contributed by atoms with van der Waals surface area (Å²) < 4.78 is 43.0. The van der Waals surface area contributed by atoms with Crippen molar-refractivity contribution in [3.8, 4) is 11.4 Å². The zero-order chi connectivity index (χ0) is 27.7. The molecule has 0 aliphatic rings. The van der Waals surface area contributed by atoms with Gasteiger partial charge in [0.1, 0.15) is 11.6 Å². The average molecular weight is 524 g/mol. The van der Waals surface area contributed by atoms with Crippen molar-refractivity contribution in [3.63, 3.8) is 0 Å². The number of amides is 1. The Hall–Kier alpha value is -4.14. The molecule has 0 bridgehead atoms. The van der Waals surface area contributed by atoms with Gasteiger partial charge in [-0.2, -0.15) is 0 Å². The largest absolute Gasteiger partial charge is 0.573 e. The van der Waals surface area contributed by atoms with Gasteiger partial charge >= 0.3 is 6.36 Å². The molecule has 1 amide bonds. The number of fused-ring (bicyclic) bond motifs is 1. The Labute approximate surface area is 218 Å². The molecular weight excluding hydrogens is 495 g/mol. The van der Waals surface area contributed by atoms with Gasteiger partial charge in [0, 0.05) is 5.56 Å². The first-order valence-electron chi connectivity index (χ1n) is 12.1. The molecule has 0 radical (unpaired) electrons. The second-order valence-corrected chi connectivity index (χ2v) is 10.3. The molecule has 4 rings (SSSR count). The molecule has 0 spiro atoms. The quantitative estimate of drug-likeness (QED) is 0.319. The van der Waals surface area contributed by atoms with Gasteiger partial charge in [0.25, 0.3) is 11.5 Å². The topological polar surface area (TPSA) is 73.2 Å². The maximum Gasteiger partial charge on any atom is 0.573 e. The molecule has 198 valence electrons.